The van der Waals surface area contributed by atoms with E-state index in [0.717, 1.165) is 57.0 Å². The molecule has 1 unspecified atom stereocenters. The van der Waals surface area contributed by atoms with Gasteiger partial charge in [-0.25, -0.2) is 4.98 Å². The standard InChI is InChI=1S/C25H28Cl2N4O3/c1-2-3-22(30-25(32)19(17-28)16-23-21(26)8-9-24(27)29-23)18-4-6-20(7-5-18)34-15-12-31-10-13-33-14-11-31/h4-9,16,22H,2-3,10-15H2,1H3,(H,30,32)/b19-16+. The molecule has 1 amide bonds. The number of benzene rings is 1. The molecule has 1 aromatic carbocycles. The Kier molecular flexibility index (Phi) is 10.2. The molecule has 34 heavy (non-hydrogen) atoms. The molecule has 7 nitrogen and oxygen atoms in total. The number of hydrogen-bond donors (Lipinski definition) is 1. The predicted molar refractivity (Wildman–Crippen MR) is 133 cm³/mol. The Bertz CT molecular complexity index is 1030. The quantitative estimate of drug-likeness (QED) is 0.288. The Morgan fingerprint density at radius 3 is 2.68 bits per heavy atom. The lowest BCUT2D eigenvalue weighted by Gasteiger charge is -2.26. The van der Waals surface area contributed by atoms with Crippen molar-refractivity contribution in [1.82, 2.24) is 15.2 Å². The van der Waals surface area contributed by atoms with Crippen LogP contribution in [0.25, 0.3) is 6.08 Å². The number of hydrogen-bond acceptors (Lipinski definition) is 6. The molecule has 2 aromatic rings. The molecule has 2 heterocycles. The molecule has 1 saturated heterocycles. The van der Waals surface area contributed by atoms with E-state index in [1.807, 2.05) is 37.3 Å². The minimum atomic E-state index is -0.496. The maximum absolute atomic E-state index is 12.8. The third kappa shape index (κ3) is 7.71. The molecular formula is C25H28Cl2N4O3. The van der Waals surface area contributed by atoms with E-state index in [-0.39, 0.29) is 22.5 Å². The van der Waals surface area contributed by atoms with Crippen LogP contribution >= 0.6 is 23.2 Å². The van der Waals surface area contributed by atoms with Crippen molar-refractivity contribution in [1.29, 1.82) is 5.26 Å². The molecule has 1 N–H and O–H groups in total. The third-order valence-electron chi connectivity index (χ3n) is 5.43. The summed E-state index contributed by atoms with van der Waals surface area (Å²) in [6.45, 7) is 6.90. The molecule has 1 aliphatic rings. The van der Waals surface area contributed by atoms with Crippen LogP contribution in [0.1, 0.15) is 37.1 Å². The van der Waals surface area contributed by atoms with Gasteiger partial charge in [-0.05, 0) is 42.3 Å². The summed E-state index contributed by atoms with van der Waals surface area (Å²) in [6.07, 6.45) is 2.92. The normalized spacial score (nSPS) is 15.4. The van der Waals surface area contributed by atoms with E-state index in [1.165, 1.54) is 6.08 Å². The molecule has 180 valence electrons. The lowest BCUT2D eigenvalue weighted by molar-refractivity contribution is -0.117. The second-order valence-corrected chi connectivity index (χ2v) is 8.65. The Hall–Kier alpha value is -2.63. The molecule has 0 saturated carbocycles. The zero-order valence-electron chi connectivity index (χ0n) is 19.1. The lowest BCUT2D eigenvalue weighted by atomic mass is 10.0. The van der Waals surface area contributed by atoms with Gasteiger partial charge in [0.05, 0.1) is 30.0 Å². The highest BCUT2D eigenvalue weighted by Crippen LogP contribution is 2.23. The third-order valence-corrected chi connectivity index (χ3v) is 5.96. The fraction of sp³-hybridized carbons (Fsp3) is 0.400. The van der Waals surface area contributed by atoms with Crippen LogP contribution < -0.4 is 10.1 Å². The molecule has 3 rings (SSSR count). The van der Waals surface area contributed by atoms with Crippen molar-refractivity contribution in [2.75, 3.05) is 39.5 Å². The molecule has 1 atom stereocenters. The first-order chi connectivity index (χ1) is 16.5. The first kappa shape index (κ1) is 26.0. The second kappa shape index (κ2) is 13.3. The summed E-state index contributed by atoms with van der Waals surface area (Å²) in [5, 5.41) is 13.0. The largest absolute Gasteiger partial charge is 0.492 e. The van der Waals surface area contributed by atoms with Gasteiger partial charge < -0.3 is 14.8 Å². The fourth-order valence-corrected chi connectivity index (χ4v) is 3.89. The Labute approximate surface area is 210 Å². The maximum atomic E-state index is 12.8. The molecule has 0 aliphatic carbocycles. The number of halogens is 2. The SMILES string of the molecule is CCCC(NC(=O)/C(C#N)=C/c1nc(Cl)ccc1Cl)c1ccc(OCCN2CCOCC2)cc1. The molecule has 9 heteroatoms. The number of pyridine rings is 1. The van der Waals surface area contributed by atoms with Gasteiger partial charge in [-0.1, -0.05) is 48.7 Å². The second-order valence-electron chi connectivity index (χ2n) is 7.86. The van der Waals surface area contributed by atoms with Gasteiger partial charge >= 0.3 is 0 Å². The number of carbonyl (C=O) groups is 1. The highest BCUT2D eigenvalue weighted by molar-refractivity contribution is 6.33. The van der Waals surface area contributed by atoms with Gasteiger partial charge in [0.25, 0.3) is 5.91 Å². The number of aromatic nitrogens is 1. The van der Waals surface area contributed by atoms with E-state index in [9.17, 15) is 10.1 Å². The zero-order valence-corrected chi connectivity index (χ0v) is 20.6. The summed E-state index contributed by atoms with van der Waals surface area (Å²) in [5.74, 6) is 0.280. The van der Waals surface area contributed by atoms with Crippen LogP contribution in [0.2, 0.25) is 10.2 Å². The topological polar surface area (TPSA) is 87.5 Å². The minimum Gasteiger partial charge on any atom is -0.492 e. The van der Waals surface area contributed by atoms with Gasteiger partial charge in [0, 0.05) is 19.6 Å². The number of rotatable bonds is 10. The number of nitrogens with one attached hydrogen (secondary N) is 1. The summed E-state index contributed by atoms with van der Waals surface area (Å²) in [5.41, 5.74) is 1.11. The maximum Gasteiger partial charge on any atom is 0.262 e. The summed E-state index contributed by atoms with van der Waals surface area (Å²) >= 11 is 12.0. The molecule has 1 aromatic heterocycles. The van der Waals surface area contributed by atoms with Crippen LogP contribution in [0.3, 0.4) is 0 Å². The minimum absolute atomic E-state index is 0.0964. The zero-order chi connectivity index (χ0) is 24.3. The van der Waals surface area contributed by atoms with Crippen molar-refractivity contribution in [3.05, 3.63) is 63.4 Å². The Balaban J connectivity index is 1.63. The van der Waals surface area contributed by atoms with Gasteiger partial charge in [0.2, 0.25) is 0 Å². The van der Waals surface area contributed by atoms with Gasteiger partial charge in [-0.2, -0.15) is 5.26 Å². The highest BCUT2D eigenvalue weighted by atomic mass is 35.5. The summed E-state index contributed by atoms with van der Waals surface area (Å²) in [6, 6.07) is 12.5. The number of morpholine rings is 1. The van der Waals surface area contributed by atoms with Crippen LogP contribution in [0.5, 0.6) is 5.75 Å². The van der Waals surface area contributed by atoms with Crippen molar-refractivity contribution >= 4 is 35.2 Å². The molecule has 0 bridgehead atoms. The van der Waals surface area contributed by atoms with E-state index < -0.39 is 5.91 Å². The van der Waals surface area contributed by atoms with Crippen LogP contribution in [0, 0.1) is 11.3 Å². The van der Waals surface area contributed by atoms with E-state index in [2.05, 4.69) is 15.2 Å². The van der Waals surface area contributed by atoms with Crippen molar-refractivity contribution < 1.29 is 14.3 Å². The van der Waals surface area contributed by atoms with Crippen molar-refractivity contribution in [2.45, 2.75) is 25.8 Å². The van der Waals surface area contributed by atoms with E-state index >= 15 is 0 Å². The monoisotopic (exact) mass is 502 g/mol. The number of ether oxygens (including phenoxy) is 2. The average Bonchev–Trinajstić information content (AvgIpc) is 2.85. The summed E-state index contributed by atoms with van der Waals surface area (Å²) < 4.78 is 11.2. The smallest absolute Gasteiger partial charge is 0.262 e. The van der Waals surface area contributed by atoms with Crippen LogP contribution in [0.4, 0.5) is 0 Å². The van der Waals surface area contributed by atoms with Crippen LogP contribution in [0.15, 0.2) is 42.0 Å². The number of carbonyl (C=O) groups excluding carboxylic acids is 1. The van der Waals surface area contributed by atoms with Gasteiger partial charge in [-0.15, -0.1) is 0 Å². The van der Waals surface area contributed by atoms with Crippen molar-refractivity contribution in [3.8, 4) is 11.8 Å². The van der Waals surface area contributed by atoms with Crippen molar-refractivity contribution in [2.24, 2.45) is 0 Å². The predicted octanol–water partition coefficient (Wildman–Crippen LogP) is 4.66. The first-order valence-corrected chi connectivity index (χ1v) is 12.0. The van der Waals surface area contributed by atoms with Crippen LogP contribution in [-0.4, -0.2) is 55.2 Å². The van der Waals surface area contributed by atoms with E-state index in [0.29, 0.717) is 11.6 Å². The number of nitrogens with zero attached hydrogens (tertiary/aromatic N) is 3. The van der Waals surface area contributed by atoms with E-state index in [4.69, 9.17) is 32.7 Å². The Morgan fingerprint density at radius 1 is 1.26 bits per heavy atom. The molecular weight excluding hydrogens is 475 g/mol. The Morgan fingerprint density at radius 2 is 2.00 bits per heavy atom. The molecule has 0 radical (unpaired) electrons. The van der Waals surface area contributed by atoms with Gasteiger partial charge in [0.15, 0.2) is 0 Å². The fourth-order valence-electron chi connectivity index (χ4n) is 3.58. The molecule has 1 fully saturated rings. The summed E-state index contributed by atoms with van der Waals surface area (Å²) in [7, 11) is 0. The number of nitriles is 1. The average molecular weight is 503 g/mol. The van der Waals surface area contributed by atoms with Crippen molar-refractivity contribution in [3.63, 3.8) is 0 Å². The molecule has 1 aliphatic heterocycles. The van der Waals surface area contributed by atoms with Gasteiger partial charge in [-0.3, -0.25) is 9.69 Å². The lowest BCUT2D eigenvalue weighted by Crippen LogP contribution is -2.38. The van der Waals surface area contributed by atoms with Gasteiger partial charge in [0.1, 0.15) is 29.2 Å². The highest BCUT2D eigenvalue weighted by Gasteiger charge is 2.18. The molecule has 0 spiro atoms. The van der Waals surface area contributed by atoms with Crippen LogP contribution in [-0.2, 0) is 9.53 Å². The first-order valence-electron chi connectivity index (χ1n) is 11.3. The van der Waals surface area contributed by atoms with E-state index in [1.54, 1.807) is 12.1 Å². The summed E-state index contributed by atoms with van der Waals surface area (Å²) in [4.78, 5) is 19.2. The number of amides is 1.